The highest BCUT2D eigenvalue weighted by Crippen LogP contribution is 2.48. The molecule has 5 rings (SSSR count). The lowest BCUT2D eigenvalue weighted by Gasteiger charge is -2.23. The first-order valence-corrected chi connectivity index (χ1v) is 10.0. The van der Waals surface area contributed by atoms with Crippen LogP contribution in [0.5, 0.6) is 0 Å². The van der Waals surface area contributed by atoms with E-state index in [0.29, 0.717) is 0 Å². The zero-order valence-electron chi connectivity index (χ0n) is 17.3. The van der Waals surface area contributed by atoms with Crippen LogP contribution in [0.3, 0.4) is 0 Å². The molecule has 0 unspecified atom stereocenters. The molecule has 28 heavy (non-hydrogen) atoms. The molecule has 0 radical (unpaired) electrons. The Balaban J connectivity index is 2.10. The zero-order chi connectivity index (χ0) is 19.6. The van der Waals surface area contributed by atoms with E-state index in [-0.39, 0.29) is 5.41 Å². The molecule has 0 saturated heterocycles. The highest BCUT2D eigenvalue weighted by molar-refractivity contribution is 6.12. The van der Waals surface area contributed by atoms with E-state index in [1.54, 1.807) is 0 Å². The lowest BCUT2D eigenvalue weighted by molar-refractivity contribution is -0.659. The first-order chi connectivity index (χ1) is 13.4. The third-order valence-corrected chi connectivity index (χ3v) is 6.12. The summed E-state index contributed by atoms with van der Waals surface area (Å²) in [4.78, 5) is 0. The second-order valence-corrected chi connectivity index (χ2v) is 9.02. The Morgan fingerprint density at radius 3 is 2.11 bits per heavy atom. The van der Waals surface area contributed by atoms with Gasteiger partial charge in [0.15, 0.2) is 6.20 Å². The average Bonchev–Trinajstić information content (AvgIpc) is 2.79. The molecule has 0 fully saturated rings. The quantitative estimate of drug-likeness (QED) is 0.273. The average molecular weight is 365 g/mol. The maximum atomic E-state index is 2.34. The van der Waals surface area contributed by atoms with Crippen LogP contribution < -0.4 is 4.57 Å². The Morgan fingerprint density at radius 2 is 1.39 bits per heavy atom. The second kappa shape index (κ2) is 5.78. The maximum Gasteiger partial charge on any atom is 0.221 e. The lowest BCUT2D eigenvalue weighted by Crippen LogP contribution is -2.31. The van der Waals surface area contributed by atoms with E-state index >= 15 is 0 Å². The highest BCUT2D eigenvalue weighted by Gasteiger charge is 2.30. The Kier molecular flexibility index (Phi) is 3.55. The Hall–Kier alpha value is -2.93. The van der Waals surface area contributed by atoms with Gasteiger partial charge in [-0.1, -0.05) is 75.4 Å². The first-order valence-electron chi connectivity index (χ1n) is 10.0. The van der Waals surface area contributed by atoms with Crippen LogP contribution in [0.2, 0.25) is 0 Å². The number of hydrogen-bond acceptors (Lipinski definition) is 0. The summed E-state index contributed by atoms with van der Waals surface area (Å²) in [5.74, 6) is 0. The third kappa shape index (κ3) is 2.29. The van der Waals surface area contributed by atoms with Gasteiger partial charge in [0, 0.05) is 6.07 Å². The number of nitrogens with zero attached hydrogens (tertiary/aromatic N) is 1. The van der Waals surface area contributed by atoms with Crippen molar-refractivity contribution in [1.82, 2.24) is 0 Å². The third-order valence-electron chi connectivity index (χ3n) is 6.12. The topological polar surface area (TPSA) is 3.88 Å². The van der Waals surface area contributed by atoms with Gasteiger partial charge in [0.1, 0.15) is 7.05 Å². The molecule has 0 aliphatic heterocycles. The summed E-state index contributed by atoms with van der Waals surface area (Å²) in [6, 6.07) is 22.5. The van der Waals surface area contributed by atoms with Gasteiger partial charge in [-0.05, 0) is 51.1 Å². The summed E-state index contributed by atoms with van der Waals surface area (Å²) in [5, 5.41) is 2.74. The minimum absolute atomic E-state index is 0.0934. The van der Waals surface area contributed by atoms with E-state index in [1.807, 2.05) is 0 Å². The van der Waals surface area contributed by atoms with Gasteiger partial charge in [-0.15, -0.1) is 0 Å². The van der Waals surface area contributed by atoms with Crippen molar-refractivity contribution in [3.63, 3.8) is 0 Å². The van der Waals surface area contributed by atoms with Crippen molar-refractivity contribution >= 4 is 10.8 Å². The first kappa shape index (κ1) is 17.2. The predicted molar refractivity (Wildman–Crippen MR) is 118 cm³/mol. The second-order valence-electron chi connectivity index (χ2n) is 9.02. The molecule has 1 aliphatic rings. The Labute approximate surface area is 167 Å². The van der Waals surface area contributed by atoms with Crippen LogP contribution in [0, 0.1) is 6.92 Å². The van der Waals surface area contributed by atoms with Gasteiger partial charge in [0.05, 0.1) is 10.9 Å². The van der Waals surface area contributed by atoms with Crippen LogP contribution in [-0.4, -0.2) is 0 Å². The Morgan fingerprint density at radius 1 is 0.714 bits per heavy atom. The molecule has 3 aromatic carbocycles. The molecule has 138 valence electrons. The maximum absolute atomic E-state index is 2.34. The van der Waals surface area contributed by atoms with Crippen LogP contribution in [0.1, 0.15) is 31.9 Å². The summed E-state index contributed by atoms with van der Waals surface area (Å²) >= 11 is 0. The number of fused-ring (bicyclic) bond motifs is 5. The minimum atomic E-state index is 0.0934. The van der Waals surface area contributed by atoms with Crippen LogP contribution in [0.4, 0.5) is 0 Å². The molecule has 0 saturated carbocycles. The van der Waals surface area contributed by atoms with Crippen molar-refractivity contribution in [3.8, 4) is 33.5 Å². The summed E-state index contributed by atoms with van der Waals surface area (Å²) in [7, 11) is 2.18. The number of rotatable bonds is 0. The summed E-state index contributed by atoms with van der Waals surface area (Å²) in [6.07, 6.45) is 2.23. The fourth-order valence-electron chi connectivity index (χ4n) is 4.82. The molecule has 1 heteroatoms. The molecule has 0 spiro atoms. The van der Waals surface area contributed by atoms with Gasteiger partial charge in [-0.3, -0.25) is 0 Å². The largest absolute Gasteiger partial charge is 0.221 e. The van der Waals surface area contributed by atoms with Crippen molar-refractivity contribution in [2.24, 2.45) is 7.05 Å². The monoisotopic (exact) mass is 364 g/mol. The van der Waals surface area contributed by atoms with E-state index in [2.05, 4.69) is 106 Å². The van der Waals surface area contributed by atoms with E-state index in [9.17, 15) is 0 Å². The van der Waals surface area contributed by atoms with Crippen molar-refractivity contribution in [2.45, 2.75) is 33.1 Å². The molecule has 1 aromatic heterocycles. The number of aryl methyl sites for hydroxylation is 2. The fourth-order valence-corrected chi connectivity index (χ4v) is 4.82. The fraction of sp³-hybridized carbons (Fsp3) is 0.222. The molecule has 1 heterocycles. The van der Waals surface area contributed by atoms with Crippen molar-refractivity contribution < 1.29 is 4.57 Å². The van der Waals surface area contributed by atoms with Crippen LogP contribution in [0.15, 0.2) is 66.9 Å². The molecule has 0 atom stereocenters. The molecule has 1 nitrogen and oxygen atoms in total. The van der Waals surface area contributed by atoms with Crippen LogP contribution in [-0.2, 0) is 12.5 Å². The molecule has 0 N–H and O–H groups in total. The van der Waals surface area contributed by atoms with Gasteiger partial charge in [-0.25, -0.2) is 4.57 Å². The normalized spacial score (nSPS) is 12.5. The van der Waals surface area contributed by atoms with Gasteiger partial charge in [0.2, 0.25) is 5.69 Å². The zero-order valence-corrected chi connectivity index (χ0v) is 17.3. The molecular weight excluding hydrogens is 338 g/mol. The van der Waals surface area contributed by atoms with Gasteiger partial charge in [-0.2, -0.15) is 0 Å². The van der Waals surface area contributed by atoms with Crippen molar-refractivity contribution in [2.75, 3.05) is 0 Å². The summed E-state index contributed by atoms with van der Waals surface area (Å²) < 4.78 is 2.30. The molecular formula is C27H26N+. The number of hydrogen-bond donors (Lipinski definition) is 0. The smallest absolute Gasteiger partial charge is 0.200 e. The summed E-state index contributed by atoms with van der Waals surface area (Å²) in [5.41, 5.74) is 10.8. The molecule has 1 aliphatic carbocycles. The number of aromatic nitrogens is 1. The summed E-state index contributed by atoms with van der Waals surface area (Å²) in [6.45, 7) is 9.15. The van der Waals surface area contributed by atoms with Crippen molar-refractivity contribution in [1.29, 1.82) is 0 Å². The van der Waals surface area contributed by atoms with E-state index in [0.717, 1.165) is 0 Å². The van der Waals surface area contributed by atoms with Crippen LogP contribution >= 0.6 is 0 Å². The van der Waals surface area contributed by atoms with Gasteiger partial charge >= 0.3 is 0 Å². The molecule has 0 amide bonds. The van der Waals surface area contributed by atoms with E-state index in [1.165, 1.54) is 55.4 Å². The standard InChI is InChI=1S/C27H26N/c1-17-9-8-12-20-18-10-6-7-11-19(18)21-13-14-23(27(2,3)4)22-15-16-28(5)26(24(17)20)25(21)22/h6-16H,1-5H3/q+1. The van der Waals surface area contributed by atoms with Gasteiger partial charge in [0.25, 0.3) is 0 Å². The minimum Gasteiger partial charge on any atom is -0.200 e. The molecule has 0 bridgehead atoms. The Bertz CT molecular complexity index is 1260. The lowest BCUT2D eigenvalue weighted by atomic mass is 9.81. The SMILES string of the molecule is Cc1cccc2c1-c1c3c(ccc(C(C)(C)C)c3cc[n+]1C)-c1ccccc1-2. The number of benzene rings is 3. The number of pyridine rings is 1. The van der Waals surface area contributed by atoms with Crippen LogP contribution in [0.25, 0.3) is 44.3 Å². The molecule has 4 aromatic rings. The van der Waals surface area contributed by atoms with E-state index in [4.69, 9.17) is 0 Å². The predicted octanol–water partition coefficient (Wildman–Crippen LogP) is 6.58. The van der Waals surface area contributed by atoms with Crippen molar-refractivity contribution in [3.05, 3.63) is 78.0 Å². The highest BCUT2D eigenvalue weighted by atomic mass is 14.9. The van der Waals surface area contributed by atoms with E-state index < -0.39 is 0 Å². The van der Waals surface area contributed by atoms with Gasteiger partial charge < -0.3 is 0 Å².